The quantitative estimate of drug-likeness (QED) is 0.415. The summed E-state index contributed by atoms with van der Waals surface area (Å²) < 4.78 is 12.7. The molecule has 2 heterocycles. The molecular formula is C21H18BrIN4O3S. The number of thioether (sulfide) groups is 1. The number of nitrogens with zero attached hydrogens (tertiary/aromatic N) is 3. The number of carbonyl (C=O) groups is 1. The summed E-state index contributed by atoms with van der Waals surface area (Å²) in [6.07, 6.45) is 1.22. The predicted octanol–water partition coefficient (Wildman–Crippen LogP) is 3.13. The van der Waals surface area contributed by atoms with E-state index in [2.05, 4.69) is 50.4 Å². The van der Waals surface area contributed by atoms with Crippen molar-refractivity contribution in [1.82, 2.24) is 10.3 Å². The highest BCUT2D eigenvalue weighted by Crippen LogP contribution is 2.39. The van der Waals surface area contributed by atoms with Gasteiger partial charge in [0, 0.05) is 21.0 Å². The van der Waals surface area contributed by atoms with E-state index >= 15 is 0 Å². The Kier molecular flexibility index (Phi) is 6.58. The third-order valence-electron chi connectivity index (χ3n) is 4.66. The average Bonchev–Trinajstić information content (AvgIpc) is 2.76. The van der Waals surface area contributed by atoms with Gasteiger partial charge in [0.15, 0.2) is 22.8 Å². The molecule has 31 heavy (non-hydrogen) atoms. The Hall–Kier alpha value is -2.05. The van der Waals surface area contributed by atoms with Gasteiger partial charge >= 0.3 is 0 Å². The predicted molar refractivity (Wildman–Crippen MR) is 133 cm³/mol. The van der Waals surface area contributed by atoms with Crippen molar-refractivity contribution in [3.8, 4) is 11.5 Å². The van der Waals surface area contributed by atoms with Gasteiger partial charge in [-0.2, -0.15) is 0 Å². The molecule has 0 saturated heterocycles. The van der Waals surface area contributed by atoms with Crippen molar-refractivity contribution in [3.05, 3.63) is 67.2 Å². The van der Waals surface area contributed by atoms with Crippen LogP contribution >= 0.6 is 50.3 Å². The number of rotatable bonds is 5. The van der Waals surface area contributed by atoms with Gasteiger partial charge in [-0.05, 0) is 52.9 Å². The lowest BCUT2D eigenvalue weighted by atomic mass is 10.1. The average molecular weight is 613 g/mol. The molecule has 0 saturated carbocycles. The molecule has 1 N–H and O–H groups in total. The number of ether oxygens (including phenoxy) is 2. The molecule has 1 atom stereocenters. The number of halogens is 2. The summed E-state index contributed by atoms with van der Waals surface area (Å²) in [6, 6.07) is 9.52. The van der Waals surface area contributed by atoms with Crippen LogP contribution in [0.1, 0.15) is 11.7 Å². The Labute approximate surface area is 205 Å². The molecule has 4 rings (SSSR count). The molecular weight excluding hydrogens is 595 g/mol. The summed E-state index contributed by atoms with van der Waals surface area (Å²) >= 11 is 7.09. The van der Waals surface area contributed by atoms with Crippen molar-refractivity contribution in [3.63, 3.8) is 0 Å². The fourth-order valence-corrected chi connectivity index (χ4v) is 5.15. The minimum atomic E-state index is -0.539. The first kappa shape index (κ1) is 22.2. The van der Waals surface area contributed by atoms with E-state index in [9.17, 15) is 4.79 Å². The van der Waals surface area contributed by atoms with Gasteiger partial charge in [-0.1, -0.05) is 33.8 Å². The second-order valence-electron chi connectivity index (χ2n) is 6.55. The molecule has 1 unspecified atom stereocenters. The maximum Gasteiger partial charge on any atom is 0.276 e. The first-order valence-electron chi connectivity index (χ1n) is 9.18. The van der Waals surface area contributed by atoms with E-state index in [0.29, 0.717) is 28.1 Å². The Morgan fingerprint density at radius 2 is 2.13 bits per heavy atom. The molecule has 10 heteroatoms. The van der Waals surface area contributed by atoms with Crippen molar-refractivity contribution in [2.24, 2.45) is 10.1 Å². The van der Waals surface area contributed by atoms with Gasteiger partial charge in [-0.25, -0.2) is 5.01 Å². The number of hydrogen-bond donors (Lipinski definition) is 1. The molecule has 0 aliphatic carbocycles. The second kappa shape index (κ2) is 9.21. The van der Waals surface area contributed by atoms with Crippen molar-refractivity contribution in [2.75, 3.05) is 20.0 Å². The topological polar surface area (TPSA) is 75.5 Å². The number of fused-ring (bicyclic) bond motifs is 2. The van der Waals surface area contributed by atoms with Crippen LogP contribution in [0.15, 0.2) is 57.6 Å². The van der Waals surface area contributed by atoms with Crippen LogP contribution in [-0.4, -0.2) is 36.1 Å². The molecule has 0 radical (unpaired) electrons. The largest absolute Gasteiger partial charge is 0.493 e. The van der Waals surface area contributed by atoms with E-state index in [-0.39, 0.29) is 5.91 Å². The van der Waals surface area contributed by atoms with Gasteiger partial charge in [0.25, 0.3) is 5.91 Å². The second-order valence-corrected chi connectivity index (χ2v) is 9.64. The van der Waals surface area contributed by atoms with Gasteiger partial charge in [0.2, 0.25) is 0 Å². The smallest absolute Gasteiger partial charge is 0.276 e. The lowest BCUT2D eigenvalue weighted by Crippen LogP contribution is -2.50. The number of amidine groups is 1. The molecule has 1 amide bonds. The van der Waals surface area contributed by atoms with Crippen LogP contribution in [0.5, 0.6) is 11.5 Å². The van der Waals surface area contributed by atoms with Gasteiger partial charge in [-0.3, -0.25) is 15.1 Å². The van der Waals surface area contributed by atoms with Crippen LogP contribution in [0.25, 0.3) is 5.70 Å². The Bertz CT molecular complexity index is 1230. The molecule has 2 aromatic rings. The molecule has 0 bridgehead atoms. The van der Waals surface area contributed by atoms with Gasteiger partial charge in [-0.15, -0.1) is 11.7 Å². The molecule has 7 nitrogen and oxygen atoms in total. The fourth-order valence-electron chi connectivity index (χ4n) is 3.36. The highest BCUT2D eigenvalue weighted by molar-refractivity contribution is 14.1. The number of hydrogen-bond acceptors (Lipinski definition) is 7. The fraction of sp³-hybridized carbons (Fsp3) is 0.190. The lowest BCUT2D eigenvalue weighted by Gasteiger charge is -2.34. The zero-order valence-corrected chi connectivity index (χ0v) is 21.2. The minimum absolute atomic E-state index is 0.226. The van der Waals surface area contributed by atoms with Crippen LogP contribution in [0.2, 0.25) is 0 Å². The summed E-state index contributed by atoms with van der Waals surface area (Å²) in [5.41, 5.74) is 1.28. The number of methoxy groups -OCH3 is 2. The van der Waals surface area contributed by atoms with Gasteiger partial charge in [0.05, 0.1) is 23.1 Å². The zero-order chi connectivity index (χ0) is 22.1. The molecule has 2 aliphatic rings. The van der Waals surface area contributed by atoms with Crippen molar-refractivity contribution < 1.29 is 14.3 Å². The third-order valence-corrected chi connectivity index (χ3v) is 6.82. The number of hydrazone groups is 1. The van der Waals surface area contributed by atoms with Gasteiger partial charge < -0.3 is 9.47 Å². The van der Waals surface area contributed by atoms with Crippen LogP contribution in [0.4, 0.5) is 0 Å². The summed E-state index contributed by atoms with van der Waals surface area (Å²) in [7, 11) is 3.20. The van der Waals surface area contributed by atoms with Crippen molar-refractivity contribution >= 4 is 67.1 Å². The summed E-state index contributed by atoms with van der Waals surface area (Å²) in [5.74, 6) is 1.64. The molecule has 2 aromatic carbocycles. The minimum Gasteiger partial charge on any atom is -0.493 e. The maximum absolute atomic E-state index is 13.1. The number of amides is 1. The maximum atomic E-state index is 13.1. The SMILES string of the molecule is C=CCSC1=NN2C(=c3cc(Br)ccc3=NC2c2cc(I)c(OC)c(OC)c2)C(=O)N1. The molecule has 160 valence electrons. The number of benzene rings is 2. The Balaban J connectivity index is 1.94. The van der Waals surface area contributed by atoms with Crippen molar-refractivity contribution in [2.45, 2.75) is 6.17 Å². The Morgan fingerprint density at radius 3 is 2.84 bits per heavy atom. The first-order chi connectivity index (χ1) is 15.0. The summed E-state index contributed by atoms with van der Waals surface area (Å²) in [5, 5.41) is 11.2. The molecule has 2 aliphatic heterocycles. The lowest BCUT2D eigenvalue weighted by molar-refractivity contribution is -0.116. The number of nitrogens with one attached hydrogen (secondary N) is 1. The van der Waals surface area contributed by atoms with Crippen LogP contribution in [0.3, 0.4) is 0 Å². The molecule has 0 fully saturated rings. The van der Waals surface area contributed by atoms with E-state index in [4.69, 9.17) is 19.6 Å². The number of carbonyl (C=O) groups excluding carboxylic acids is 1. The highest BCUT2D eigenvalue weighted by atomic mass is 127. The van der Waals surface area contributed by atoms with E-state index < -0.39 is 6.17 Å². The van der Waals surface area contributed by atoms with Crippen LogP contribution < -0.4 is 25.4 Å². The third kappa shape index (κ3) is 4.20. The van der Waals surface area contributed by atoms with E-state index in [1.54, 1.807) is 25.3 Å². The zero-order valence-electron chi connectivity index (χ0n) is 16.7. The normalized spacial score (nSPS) is 17.1. The molecule has 0 spiro atoms. The monoisotopic (exact) mass is 612 g/mol. The van der Waals surface area contributed by atoms with Crippen molar-refractivity contribution in [1.29, 1.82) is 0 Å². The van der Waals surface area contributed by atoms with E-state index in [0.717, 1.165) is 24.2 Å². The first-order valence-corrected chi connectivity index (χ1v) is 12.0. The van der Waals surface area contributed by atoms with E-state index in [1.807, 2.05) is 30.3 Å². The highest BCUT2D eigenvalue weighted by Gasteiger charge is 2.35. The Morgan fingerprint density at radius 1 is 1.32 bits per heavy atom. The molecule has 0 aromatic heterocycles. The summed E-state index contributed by atoms with van der Waals surface area (Å²) in [4.78, 5) is 18.1. The summed E-state index contributed by atoms with van der Waals surface area (Å²) in [6.45, 7) is 3.74. The van der Waals surface area contributed by atoms with Crippen LogP contribution in [-0.2, 0) is 4.79 Å². The van der Waals surface area contributed by atoms with Gasteiger partial charge in [0.1, 0.15) is 5.70 Å². The van der Waals surface area contributed by atoms with Crippen LogP contribution in [0, 0.1) is 3.57 Å². The standard InChI is InChI=1S/C21H18BrIN4O3S/c1-4-7-31-21-25-20(28)17-13-10-12(22)5-6-15(13)24-19(27(17)26-21)11-8-14(23)18(30-3)16(9-11)29-2/h4-6,8-10,19H,1,7H2,2-3H3,(H,25,26,28). The van der Waals surface area contributed by atoms with E-state index in [1.165, 1.54) is 11.8 Å².